The molecule has 7 nitrogen and oxygen atoms in total. The number of halogens is 1. The number of methoxy groups -OCH3 is 2. The number of nitrogens with two attached hydrogens (primary N) is 1. The van der Waals surface area contributed by atoms with Crippen LogP contribution in [0.25, 0.3) is 0 Å². The molecule has 1 aromatic carbocycles. The van der Waals surface area contributed by atoms with E-state index in [4.69, 9.17) is 24.4 Å². The number of nitrogens with one attached hydrogen (secondary N) is 1. The van der Waals surface area contributed by atoms with Crippen LogP contribution in [-0.4, -0.2) is 33.3 Å². The van der Waals surface area contributed by atoms with E-state index in [0.717, 1.165) is 0 Å². The molecule has 0 bridgehead atoms. The monoisotopic (exact) mass is 370 g/mol. The van der Waals surface area contributed by atoms with Crippen LogP contribution >= 0.6 is 12.4 Å². The van der Waals surface area contributed by atoms with E-state index >= 15 is 0 Å². The Bertz CT molecular complexity index is 653. The molecule has 0 fully saturated rings. The molecule has 0 spiro atoms. The molecule has 25 heavy (non-hydrogen) atoms. The van der Waals surface area contributed by atoms with Crippen molar-refractivity contribution in [2.24, 2.45) is 5.73 Å². The molecule has 138 valence electrons. The van der Waals surface area contributed by atoms with E-state index in [2.05, 4.69) is 5.32 Å². The molecule has 1 heterocycles. The molecule has 0 saturated carbocycles. The normalized spacial score (nSPS) is 9.88. The fraction of sp³-hybridized carbons (Fsp3) is 0.353. The Labute approximate surface area is 152 Å². The largest absolute Gasteiger partial charge is 0.496 e. The third kappa shape index (κ3) is 6.21. The first-order valence-electron chi connectivity index (χ1n) is 7.57. The fourth-order valence-electron chi connectivity index (χ4n) is 2.04. The highest BCUT2D eigenvalue weighted by molar-refractivity contribution is 5.93. The molecule has 0 aliphatic heterocycles. The quantitative estimate of drug-likeness (QED) is 0.658. The smallest absolute Gasteiger partial charge is 0.254 e. The summed E-state index contributed by atoms with van der Waals surface area (Å²) in [5, 5.41) is 2.80. The number of ether oxygens (including phenoxy) is 3. The van der Waals surface area contributed by atoms with Crippen molar-refractivity contribution in [3.63, 3.8) is 0 Å². The van der Waals surface area contributed by atoms with E-state index in [1.165, 1.54) is 6.26 Å². The highest BCUT2D eigenvalue weighted by Crippen LogP contribution is 2.27. The highest BCUT2D eigenvalue weighted by Gasteiger charge is 2.09. The zero-order chi connectivity index (χ0) is 17.4. The van der Waals surface area contributed by atoms with Gasteiger partial charge in [-0.05, 0) is 12.5 Å². The number of hydrogen-bond acceptors (Lipinski definition) is 6. The van der Waals surface area contributed by atoms with Gasteiger partial charge in [0, 0.05) is 24.7 Å². The van der Waals surface area contributed by atoms with Gasteiger partial charge >= 0.3 is 0 Å². The van der Waals surface area contributed by atoms with Crippen molar-refractivity contribution in [1.82, 2.24) is 5.32 Å². The van der Waals surface area contributed by atoms with Gasteiger partial charge in [-0.2, -0.15) is 0 Å². The fourth-order valence-corrected chi connectivity index (χ4v) is 2.04. The van der Waals surface area contributed by atoms with Crippen LogP contribution in [0, 0.1) is 0 Å². The van der Waals surface area contributed by atoms with Crippen molar-refractivity contribution in [3.8, 4) is 17.2 Å². The summed E-state index contributed by atoms with van der Waals surface area (Å²) < 4.78 is 21.1. The van der Waals surface area contributed by atoms with Crippen molar-refractivity contribution in [3.05, 3.63) is 41.9 Å². The van der Waals surface area contributed by atoms with Gasteiger partial charge in [-0.15, -0.1) is 12.4 Å². The molecule has 1 aromatic heterocycles. The van der Waals surface area contributed by atoms with Crippen molar-refractivity contribution in [2.75, 3.05) is 27.4 Å². The first kappa shape index (κ1) is 20.7. The van der Waals surface area contributed by atoms with Crippen LogP contribution in [0.15, 0.2) is 34.9 Å². The summed E-state index contributed by atoms with van der Waals surface area (Å²) in [6.07, 6.45) is 2.06. The first-order valence-corrected chi connectivity index (χ1v) is 7.57. The van der Waals surface area contributed by atoms with Gasteiger partial charge in [0.2, 0.25) is 0 Å². The number of carbonyl (C=O) groups excluding carboxylic acids is 1. The van der Waals surface area contributed by atoms with Gasteiger partial charge in [-0.3, -0.25) is 4.79 Å². The second-order valence-electron chi connectivity index (χ2n) is 5.01. The highest BCUT2D eigenvalue weighted by atomic mass is 35.5. The van der Waals surface area contributed by atoms with Crippen LogP contribution in [0.4, 0.5) is 0 Å². The zero-order valence-corrected chi connectivity index (χ0v) is 15.1. The molecule has 3 N–H and O–H groups in total. The minimum atomic E-state index is -0.193. The maximum Gasteiger partial charge on any atom is 0.254 e. The predicted molar refractivity (Wildman–Crippen MR) is 95.8 cm³/mol. The van der Waals surface area contributed by atoms with Crippen molar-refractivity contribution in [1.29, 1.82) is 0 Å². The van der Waals surface area contributed by atoms with E-state index < -0.39 is 0 Å². The molecular formula is C17H23ClN2O5. The lowest BCUT2D eigenvalue weighted by Gasteiger charge is -2.10. The van der Waals surface area contributed by atoms with Crippen LogP contribution < -0.4 is 25.3 Å². The number of rotatable bonds is 9. The SMILES string of the molecule is COc1cc(OC)cc(OCCCNC(=O)c2coc(CN)c2)c1.Cl. The maximum atomic E-state index is 11.9. The molecule has 0 aliphatic rings. The van der Waals surface area contributed by atoms with Crippen LogP contribution in [0.1, 0.15) is 22.5 Å². The average Bonchev–Trinajstić information content (AvgIpc) is 3.10. The Morgan fingerprint density at radius 3 is 2.32 bits per heavy atom. The number of furan rings is 1. The summed E-state index contributed by atoms with van der Waals surface area (Å²) in [6.45, 7) is 1.21. The number of hydrogen-bond donors (Lipinski definition) is 2. The summed E-state index contributed by atoms with van der Waals surface area (Å²) in [7, 11) is 3.17. The van der Waals surface area contributed by atoms with Gasteiger partial charge in [0.05, 0.1) is 32.9 Å². The van der Waals surface area contributed by atoms with Gasteiger partial charge in [-0.25, -0.2) is 0 Å². The molecule has 0 unspecified atom stereocenters. The van der Waals surface area contributed by atoms with Crippen molar-refractivity contribution < 1.29 is 23.4 Å². The van der Waals surface area contributed by atoms with Gasteiger partial charge in [0.25, 0.3) is 5.91 Å². The van der Waals surface area contributed by atoms with E-state index in [-0.39, 0.29) is 24.9 Å². The minimum absolute atomic E-state index is 0. The van der Waals surface area contributed by atoms with E-state index in [0.29, 0.717) is 48.1 Å². The number of amides is 1. The second-order valence-corrected chi connectivity index (χ2v) is 5.01. The second kappa shape index (κ2) is 10.5. The van der Waals surface area contributed by atoms with E-state index in [1.54, 1.807) is 38.5 Å². The van der Waals surface area contributed by atoms with Crippen molar-refractivity contribution in [2.45, 2.75) is 13.0 Å². The third-order valence-electron chi connectivity index (χ3n) is 3.32. The molecule has 0 saturated heterocycles. The Morgan fingerprint density at radius 2 is 1.76 bits per heavy atom. The lowest BCUT2D eigenvalue weighted by Crippen LogP contribution is -2.25. The Balaban J connectivity index is 0.00000312. The minimum Gasteiger partial charge on any atom is -0.496 e. The van der Waals surface area contributed by atoms with E-state index in [1.807, 2.05) is 0 Å². The van der Waals surface area contributed by atoms with Gasteiger partial charge in [0.1, 0.15) is 29.3 Å². The molecule has 0 atom stereocenters. The van der Waals surface area contributed by atoms with Crippen LogP contribution in [-0.2, 0) is 6.54 Å². The van der Waals surface area contributed by atoms with Crippen LogP contribution in [0.2, 0.25) is 0 Å². The maximum absolute atomic E-state index is 11.9. The molecular weight excluding hydrogens is 348 g/mol. The molecule has 0 aliphatic carbocycles. The summed E-state index contributed by atoms with van der Waals surface area (Å²) >= 11 is 0. The first-order chi connectivity index (χ1) is 11.7. The zero-order valence-electron chi connectivity index (χ0n) is 14.2. The molecule has 0 radical (unpaired) electrons. The summed E-state index contributed by atoms with van der Waals surface area (Å²) in [5.41, 5.74) is 5.91. The van der Waals surface area contributed by atoms with Gasteiger partial charge < -0.3 is 29.7 Å². The Morgan fingerprint density at radius 1 is 1.12 bits per heavy atom. The lowest BCUT2D eigenvalue weighted by molar-refractivity contribution is 0.0951. The average molecular weight is 371 g/mol. The third-order valence-corrected chi connectivity index (χ3v) is 3.32. The van der Waals surface area contributed by atoms with Gasteiger partial charge in [-0.1, -0.05) is 0 Å². The van der Waals surface area contributed by atoms with Crippen LogP contribution in [0.5, 0.6) is 17.2 Å². The number of benzene rings is 1. The molecule has 1 amide bonds. The lowest BCUT2D eigenvalue weighted by atomic mass is 10.3. The topological polar surface area (TPSA) is 96.0 Å². The summed E-state index contributed by atoms with van der Waals surface area (Å²) in [6, 6.07) is 6.96. The van der Waals surface area contributed by atoms with Gasteiger partial charge in [0.15, 0.2) is 0 Å². The Hall–Kier alpha value is -2.38. The predicted octanol–water partition coefficient (Wildman–Crippen LogP) is 2.38. The molecule has 8 heteroatoms. The van der Waals surface area contributed by atoms with Crippen molar-refractivity contribution >= 4 is 18.3 Å². The summed E-state index contributed by atoms with van der Waals surface area (Å²) in [4.78, 5) is 11.9. The van der Waals surface area contributed by atoms with E-state index in [9.17, 15) is 4.79 Å². The molecule has 2 rings (SSSR count). The summed E-state index contributed by atoms with van der Waals surface area (Å²) in [5.74, 6) is 2.36. The molecule has 2 aromatic rings. The Kier molecular flexibility index (Phi) is 8.66. The standard InChI is InChI=1S/C17H22N2O5.ClH/c1-21-13-7-14(22-2)9-15(8-13)23-5-3-4-19-17(20)12-6-16(10-18)24-11-12;/h6-9,11H,3-5,10,18H2,1-2H3,(H,19,20);1H. The number of carbonyl (C=O) groups is 1. The van der Waals surface area contributed by atoms with Crippen LogP contribution in [0.3, 0.4) is 0 Å².